The molecule has 8 N–H and O–H groups in total. The van der Waals surface area contributed by atoms with Crippen molar-refractivity contribution in [1.29, 1.82) is 0 Å². The molecule has 0 aromatic heterocycles. The number of nitrogens with two attached hydrogens (primary N) is 1. The minimum absolute atomic E-state index is 0.269. The van der Waals surface area contributed by atoms with Crippen LogP contribution >= 0.6 is 0 Å². The molecule has 2 aliphatic rings. The molecule has 3 atom stereocenters. The van der Waals surface area contributed by atoms with Crippen molar-refractivity contribution in [1.82, 2.24) is 16.0 Å². The average molecular weight is 348 g/mol. The molecule has 2 fully saturated rings. The number of carbonyl (C=O) groups is 4. The standard InChI is InChI=1S/C5H9NO2.C4H6N2O2.C4H9NO3/c7-5(8)4-2-1-3-6-4;7-3-4(8)6-2-1-5-3;1-2(6)3(5)4(7)8/h4,6H,1-3H2,(H,7,8);1-2H2,(H,5,7)(H,6,8);2-3,6H,5H2,1H3,(H,7,8)/t4-;;2-,3+/m0.1/s1. The summed E-state index contributed by atoms with van der Waals surface area (Å²) in [7, 11) is 0. The third-order valence-corrected chi connectivity index (χ3v) is 3.07. The van der Waals surface area contributed by atoms with Gasteiger partial charge in [0.15, 0.2) is 0 Å². The van der Waals surface area contributed by atoms with Crippen LogP contribution in [0.5, 0.6) is 0 Å². The number of aliphatic hydroxyl groups excluding tert-OH is 1. The molecule has 2 heterocycles. The number of nitrogens with one attached hydrogen (secondary N) is 3. The highest BCUT2D eigenvalue weighted by Gasteiger charge is 2.20. The first-order chi connectivity index (χ1) is 11.2. The lowest BCUT2D eigenvalue weighted by Gasteiger charge is -2.10. The Morgan fingerprint density at radius 1 is 1.12 bits per heavy atom. The van der Waals surface area contributed by atoms with Crippen molar-refractivity contribution >= 4 is 23.8 Å². The molecule has 138 valence electrons. The number of carbonyl (C=O) groups excluding carboxylic acids is 2. The molecule has 11 heteroatoms. The first-order valence-corrected chi connectivity index (χ1v) is 7.35. The summed E-state index contributed by atoms with van der Waals surface area (Å²) in [6, 6.07) is -1.43. The van der Waals surface area contributed by atoms with Gasteiger partial charge in [0, 0.05) is 13.1 Å². The highest BCUT2D eigenvalue weighted by molar-refractivity contribution is 6.35. The normalized spacial score (nSPS) is 21.7. The first-order valence-electron chi connectivity index (χ1n) is 7.35. The predicted octanol–water partition coefficient (Wildman–Crippen LogP) is -3.17. The maximum absolute atomic E-state index is 10.3. The molecule has 2 rings (SSSR count). The van der Waals surface area contributed by atoms with Gasteiger partial charge in [0.2, 0.25) is 0 Å². The highest BCUT2D eigenvalue weighted by Crippen LogP contribution is 2.03. The van der Waals surface area contributed by atoms with Crippen LogP contribution in [0.25, 0.3) is 0 Å². The summed E-state index contributed by atoms with van der Waals surface area (Å²) in [5.74, 6) is -2.96. The number of hydrogen-bond donors (Lipinski definition) is 7. The zero-order chi connectivity index (χ0) is 18.7. The SMILES string of the molecule is C[C@@H](O)[C@H](N)C(=O)O.O=C(O)[C@@H]1CCCN1.O=C1NCCNC1=O. The number of piperazine rings is 1. The fourth-order valence-electron chi connectivity index (χ4n) is 1.61. The average Bonchev–Trinajstić information content (AvgIpc) is 3.05. The lowest BCUT2D eigenvalue weighted by atomic mass is 10.2. The lowest BCUT2D eigenvalue weighted by molar-refractivity contribution is -0.141. The molecular weight excluding hydrogens is 324 g/mol. The van der Waals surface area contributed by atoms with Gasteiger partial charge in [-0.3, -0.25) is 19.2 Å². The van der Waals surface area contributed by atoms with E-state index in [9.17, 15) is 19.2 Å². The maximum Gasteiger partial charge on any atom is 0.323 e. The summed E-state index contributed by atoms with van der Waals surface area (Å²) in [6.07, 6.45) is 0.805. The number of amides is 2. The molecule has 0 aromatic carbocycles. The minimum Gasteiger partial charge on any atom is -0.480 e. The van der Waals surface area contributed by atoms with E-state index < -0.39 is 35.9 Å². The molecule has 0 saturated carbocycles. The zero-order valence-corrected chi connectivity index (χ0v) is 13.3. The monoisotopic (exact) mass is 348 g/mol. The fraction of sp³-hybridized carbons (Fsp3) is 0.692. The van der Waals surface area contributed by atoms with Crippen molar-refractivity contribution < 1.29 is 34.5 Å². The zero-order valence-electron chi connectivity index (χ0n) is 13.3. The van der Waals surface area contributed by atoms with Gasteiger partial charge in [-0.2, -0.15) is 0 Å². The van der Waals surface area contributed by atoms with Crippen LogP contribution in [0, 0.1) is 0 Å². The second-order valence-corrected chi connectivity index (χ2v) is 5.10. The van der Waals surface area contributed by atoms with Crippen LogP contribution in [-0.4, -0.2) is 76.9 Å². The first kappa shape index (κ1) is 21.8. The number of carboxylic acid groups (broad SMARTS) is 2. The topological polar surface area (TPSA) is 191 Å². The van der Waals surface area contributed by atoms with Gasteiger partial charge in [-0.05, 0) is 26.3 Å². The Labute approximate surface area is 138 Å². The molecule has 0 spiro atoms. The van der Waals surface area contributed by atoms with E-state index in [1.54, 1.807) is 0 Å². The van der Waals surface area contributed by atoms with E-state index >= 15 is 0 Å². The van der Waals surface area contributed by atoms with Crippen LogP contribution in [0.3, 0.4) is 0 Å². The van der Waals surface area contributed by atoms with E-state index in [1.165, 1.54) is 6.92 Å². The van der Waals surface area contributed by atoms with Gasteiger partial charge in [-0.25, -0.2) is 0 Å². The molecule has 2 aliphatic heterocycles. The second-order valence-electron chi connectivity index (χ2n) is 5.10. The van der Waals surface area contributed by atoms with Crippen LogP contribution in [0.15, 0.2) is 0 Å². The lowest BCUT2D eigenvalue weighted by Crippen LogP contribution is -2.49. The van der Waals surface area contributed by atoms with Crippen molar-refractivity contribution in [3.63, 3.8) is 0 Å². The van der Waals surface area contributed by atoms with Crippen LogP contribution in [0.2, 0.25) is 0 Å². The summed E-state index contributed by atoms with van der Waals surface area (Å²) in [5, 5.41) is 32.5. The Bertz CT molecular complexity index is 422. The third kappa shape index (κ3) is 9.02. The molecule has 0 radical (unpaired) electrons. The van der Waals surface area contributed by atoms with Gasteiger partial charge in [-0.1, -0.05) is 0 Å². The molecule has 2 saturated heterocycles. The second kappa shape index (κ2) is 11.3. The molecule has 2 amide bonds. The molecule has 0 aliphatic carbocycles. The van der Waals surface area contributed by atoms with Crippen LogP contribution < -0.4 is 21.7 Å². The fourth-order valence-corrected chi connectivity index (χ4v) is 1.61. The Hall–Kier alpha value is -2.24. The van der Waals surface area contributed by atoms with Crippen LogP contribution in [-0.2, 0) is 19.2 Å². The molecule has 24 heavy (non-hydrogen) atoms. The van der Waals surface area contributed by atoms with Gasteiger partial charge in [-0.15, -0.1) is 0 Å². The summed E-state index contributed by atoms with van der Waals surface area (Å²) in [4.78, 5) is 40.5. The number of aliphatic hydroxyl groups is 1. The molecular formula is C13H24N4O7. The summed E-state index contributed by atoms with van der Waals surface area (Å²) >= 11 is 0. The van der Waals surface area contributed by atoms with E-state index in [2.05, 4.69) is 16.0 Å². The molecule has 0 aromatic rings. The van der Waals surface area contributed by atoms with E-state index in [0.717, 1.165) is 19.4 Å². The Morgan fingerprint density at radius 2 is 1.62 bits per heavy atom. The Kier molecular flexibility index (Phi) is 10.3. The van der Waals surface area contributed by atoms with Gasteiger partial charge in [0.05, 0.1) is 6.10 Å². The third-order valence-electron chi connectivity index (χ3n) is 3.07. The largest absolute Gasteiger partial charge is 0.480 e. The van der Waals surface area contributed by atoms with Crippen LogP contribution in [0.1, 0.15) is 19.8 Å². The van der Waals surface area contributed by atoms with Gasteiger partial charge >= 0.3 is 23.8 Å². The van der Waals surface area contributed by atoms with Crippen molar-refractivity contribution in [3.05, 3.63) is 0 Å². The predicted molar refractivity (Wildman–Crippen MR) is 82.0 cm³/mol. The van der Waals surface area contributed by atoms with Crippen molar-refractivity contribution in [2.45, 2.75) is 38.0 Å². The smallest absolute Gasteiger partial charge is 0.323 e. The van der Waals surface area contributed by atoms with Crippen molar-refractivity contribution in [2.75, 3.05) is 19.6 Å². The Balaban J connectivity index is 0.000000331. The highest BCUT2D eigenvalue weighted by atomic mass is 16.4. The van der Waals surface area contributed by atoms with E-state index in [-0.39, 0.29) is 6.04 Å². The van der Waals surface area contributed by atoms with Gasteiger partial charge in [0.25, 0.3) is 0 Å². The number of rotatable bonds is 3. The van der Waals surface area contributed by atoms with E-state index in [1.807, 2.05) is 0 Å². The summed E-state index contributed by atoms with van der Waals surface area (Å²) in [6.45, 7) is 3.28. The number of aliphatic carboxylic acids is 2. The van der Waals surface area contributed by atoms with Crippen molar-refractivity contribution in [2.24, 2.45) is 5.73 Å². The van der Waals surface area contributed by atoms with E-state index in [0.29, 0.717) is 13.1 Å². The van der Waals surface area contributed by atoms with Crippen molar-refractivity contribution in [3.8, 4) is 0 Å². The Morgan fingerprint density at radius 3 is 1.79 bits per heavy atom. The molecule has 11 nitrogen and oxygen atoms in total. The quantitative estimate of drug-likeness (QED) is 0.258. The number of hydrogen-bond acceptors (Lipinski definition) is 7. The minimum atomic E-state index is -1.18. The van der Waals surface area contributed by atoms with Gasteiger partial charge in [0.1, 0.15) is 12.1 Å². The molecule has 0 bridgehead atoms. The van der Waals surface area contributed by atoms with Crippen LogP contribution in [0.4, 0.5) is 0 Å². The number of carboxylic acids is 2. The van der Waals surface area contributed by atoms with Gasteiger partial charge < -0.3 is 37.0 Å². The molecule has 0 unspecified atom stereocenters. The van der Waals surface area contributed by atoms with E-state index in [4.69, 9.17) is 21.1 Å². The maximum atomic E-state index is 10.3. The summed E-state index contributed by atoms with van der Waals surface area (Å²) < 4.78 is 0. The summed E-state index contributed by atoms with van der Waals surface area (Å²) in [5.41, 5.74) is 4.91.